The number of ether oxygens (including phenoxy) is 1. The second-order valence-electron chi connectivity index (χ2n) is 6.86. The van der Waals surface area contributed by atoms with Gasteiger partial charge in [0.2, 0.25) is 10.7 Å². The number of para-hydroxylation sites is 1. The van der Waals surface area contributed by atoms with Crippen molar-refractivity contribution in [3.05, 3.63) is 58.4 Å². The molecule has 0 amide bonds. The van der Waals surface area contributed by atoms with Gasteiger partial charge in [-0.2, -0.15) is 0 Å². The number of morpholine rings is 1. The van der Waals surface area contributed by atoms with E-state index in [4.69, 9.17) is 9.37 Å². The van der Waals surface area contributed by atoms with Crippen LogP contribution in [0.15, 0.2) is 57.1 Å². The highest BCUT2D eigenvalue weighted by atomic mass is 32.2. The van der Waals surface area contributed by atoms with Crippen LogP contribution in [-0.4, -0.2) is 61.2 Å². The maximum Gasteiger partial charge on any atom is 0.300 e. The van der Waals surface area contributed by atoms with Crippen molar-refractivity contribution < 1.29 is 14.3 Å². The summed E-state index contributed by atoms with van der Waals surface area (Å²) in [5, 5.41) is 28.3. The summed E-state index contributed by atoms with van der Waals surface area (Å²) in [4.78, 5) is 13.7. The zero-order chi connectivity index (χ0) is 21.2. The predicted octanol–water partition coefficient (Wildman–Crippen LogP) is 2.70. The number of hydrogen-bond donors (Lipinski definition) is 0. The lowest BCUT2D eigenvalue weighted by Crippen LogP contribution is -2.36. The molecule has 11 nitrogen and oxygen atoms in total. The van der Waals surface area contributed by atoms with E-state index < -0.39 is 4.92 Å². The molecule has 12 heteroatoms. The molecule has 1 aliphatic heterocycles. The molecule has 0 aliphatic carbocycles. The molecule has 31 heavy (non-hydrogen) atoms. The van der Waals surface area contributed by atoms with Crippen molar-refractivity contribution in [1.82, 2.24) is 30.0 Å². The highest BCUT2D eigenvalue weighted by Crippen LogP contribution is 2.36. The smallest absolute Gasteiger partial charge is 0.300 e. The third-order valence-corrected chi connectivity index (χ3v) is 5.93. The molecule has 2 aromatic heterocycles. The average molecular weight is 439 g/mol. The number of fused-ring (bicyclic) bond motifs is 1. The Morgan fingerprint density at radius 1 is 1.03 bits per heavy atom. The van der Waals surface area contributed by atoms with Crippen molar-refractivity contribution in [2.24, 2.45) is 0 Å². The van der Waals surface area contributed by atoms with Crippen LogP contribution in [0.2, 0.25) is 0 Å². The highest BCUT2D eigenvalue weighted by Gasteiger charge is 2.23. The van der Waals surface area contributed by atoms with Crippen LogP contribution in [-0.2, 0) is 11.3 Å². The summed E-state index contributed by atoms with van der Waals surface area (Å²) in [7, 11) is 0. The molecule has 3 heterocycles. The maximum atomic E-state index is 11.3. The van der Waals surface area contributed by atoms with Gasteiger partial charge in [0.05, 0.1) is 24.7 Å². The van der Waals surface area contributed by atoms with Crippen LogP contribution in [0.5, 0.6) is 0 Å². The normalized spacial score (nSPS) is 14.8. The number of nitro benzene ring substituents is 1. The van der Waals surface area contributed by atoms with E-state index in [2.05, 4.69) is 25.4 Å². The maximum absolute atomic E-state index is 11.3. The van der Waals surface area contributed by atoms with Gasteiger partial charge in [-0.1, -0.05) is 18.2 Å². The van der Waals surface area contributed by atoms with Crippen LogP contribution in [0.3, 0.4) is 0 Å². The second-order valence-corrected chi connectivity index (χ2v) is 7.87. The first kappa shape index (κ1) is 19.6. The molecule has 1 fully saturated rings. The number of non-ortho nitro benzene ring substituents is 1. The molecule has 158 valence electrons. The third kappa shape index (κ3) is 3.87. The van der Waals surface area contributed by atoms with E-state index in [1.807, 2.05) is 34.9 Å². The molecular formula is C19H17N7O4S. The summed E-state index contributed by atoms with van der Waals surface area (Å²) >= 11 is 1.31. The molecule has 0 radical (unpaired) electrons. The summed E-state index contributed by atoms with van der Waals surface area (Å²) in [6, 6.07) is 12.8. The molecule has 5 rings (SSSR count). The predicted molar refractivity (Wildman–Crippen MR) is 110 cm³/mol. The fourth-order valence-corrected chi connectivity index (χ4v) is 4.37. The minimum atomic E-state index is -0.506. The zero-order valence-corrected chi connectivity index (χ0v) is 17.1. The molecule has 1 saturated heterocycles. The summed E-state index contributed by atoms with van der Waals surface area (Å²) < 4.78 is 12.2. The van der Waals surface area contributed by atoms with Gasteiger partial charge >= 0.3 is 5.69 Å². The molecule has 2 aromatic carbocycles. The second kappa shape index (κ2) is 8.41. The third-order valence-electron chi connectivity index (χ3n) is 4.94. The molecule has 0 atom stereocenters. The molecule has 0 unspecified atom stereocenters. The lowest BCUT2D eigenvalue weighted by Gasteiger charge is -2.26. The van der Waals surface area contributed by atoms with Crippen LogP contribution in [0.4, 0.5) is 5.69 Å². The van der Waals surface area contributed by atoms with Crippen LogP contribution in [0, 0.1) is 10.1 Å². The number of hydrogen-bond acceptors (Lipinski definition) is 10. The minimum absolute atomic E-state index is 0.106. The molecule has 0 bridgehead atoms. The summed E-state index contributed by atoms with van der Waals surface area (Å²) in [5.74, 6) is 0.798. The number of nitrogens with zero attached hydrogens (tertiary/aromatic N) is 7. The quantitative estimate of drug-likeness (QED) is 0.327. The molecule has 4 aromatic rings. The van der Waals surface area contributed by atoms with Gasteiger partial charge in [0, 0.05) is 29.7 Å². The van der Waals surface area contributed by atoms with Crippen molar-refractivity contribution in [2.45, 2.75) is 16.6 Å². The monoisotopic (exact) mass is 439 g/mol. The van der Waals surface area contributed by atoms with E-state index in [1.54, 1.807) is 6.07 Å². The first-order valence-corrected chi connectivity index (χ1v) is 10.4. The Morgan fingerprint density at radius 2 is 1.81 bits per heavy atom. The summed E-state index contributed by atoms with van der Waals surface area (Å²) in [5.41, 5.74) is 1.19. The van der Waals surface area contributed by atoms with Crippen molar-refractivity contribution in [3.63, 3.8) is 0 Å². The van der Waals surface area contributed by atoms with E-state index >= 15 is 0 Å². The van der Waals surface area contributed by atoms with E-state index in [0.29, 0.717) is 35.3 Å². The number of nitro groups is 1. The van der Waals surface area contributed by atoms with Gasteiger partial charge in [-0.05, 0) is 40.3 Å². The average Bonchev–Trinajstić information content (AvgIpc) is 3.43. The Kier molecular flexibility index (Phi) is 5.32. The first-order chi connectivity index (χ1) is 15.2. The molecular weight excluding hydrogens is 422 g/mol. The fraction of sp³-hybridized carbons (Fsp3) is 0.263. The summed E-state index contributed by atoms with van der Waals surface area (Å²) in [6.45, 7) is 3.68. The molecule has 0 spiro atoms. The summed E-state index contributed by atoms with van der Waals surface area (Å²) in [6.07, 6.45) is 0. The first-order valence-electron chi connectivity index (χ1n) is 9.58. The van der Waals surface area contributed by atoms with Gasteiger partial charge < -0.3 is 4.74 Å². The van der Waals surface area contributed by atoms with Gasteiger partial charge in [-0.15, -0.1) is 10.2 Å². The Labute approximate surface area is 180 Å². The van der Waals surface area contributed by atoms with Gasteiger partial charge in [-0.3, -0.25) is 19.6 Å². The molecule has 1 aliphatic rings. The molecule has 0 N–H and O–H groups in total. The topological polar surface area (TPSA) is 125 Å². The van der Waals surface area contributed by atoms with Crippen molar-refractivity contribution in [2.75, 3.05) is 26.3 Å². The standard InChI is InChI=1S/C19H17N7O4S/c27-26(28)14-6-7-15(18-17(14)22-30-23-18)31-19-21-20-16(12-24-8-10-29-11-9-24)25(19)13-4-2-1-3-5-13/h1-7H,8-12H2. The Balaban J connectivity index is 1.54. The number of rotatable bonds is 6. The van der Waals surface area contributed by atoms with Gasteiger partial charge in [-0.25, -0.2) is 4.63 Å². The fourth-order valence-electron chi connectivity index (χ4n) is 3.42. The SMILES string of the molecule is O=[N+]([O-])c1ccc(Sc2nnc(CN3CCOCC3)n2-c2ccccc2)c2nonc12. The zero-order valence-electron chi connectivity index (χ0n) is 16.2. The van der Waals surface area contributed by atoms with E-state index in [0.717, 1.165) is 24.6 Å². The minimum Gasteiger partial charge on any atom is -0.379 e. The Bertz CT molecular complexity index is 1220. The highest BCUT2D eigenvalue weighted by molar-refractivity contribution is 7.99. The van der Waals surface area contributed by atoms with Crippen molar-refractivity contribution in [1.29, 1.82) is 0 Å². The van der Waals surface area contributed by atoms with Crippen molar-refractivity contribution in [3.8, 4) is 5.69 Å². The largest absolute Gasteiger partial charge is 0.379 e. The van der Waals surface area contributed by atoms with Crippen molar-refractivity contribution >= 4 is 28.5 Å². The number of benzene rings is 2. The lowest BCUT2D eigenvalue weighted by atomic mass is 10.3. The van der Waals surface area contributed by atoms with E-state index in [1.165, 1.54) is 17.8 Å². The molecule has 0 saturated carbocycles. The number of aromatic nitrogens is 5. The van der Waals surface area contributed by atoms with Crippen LogP contribution in [0.25, 0.3) is 16.7 Å². The van der Waals surface area contributed by atoms with Gasteiger partial charge in [0.25, 0.3) is 0 Å². The van der Waals surface area contributed by atoms with E-state index in [-0.39, 0.29) is 11.2 Å². The van der Waals surface area contributed by atoms with Gasteiger partial charge in [0.15, 0.2) is 11.3 Å². The van der Waals surface area contributed by atoms with Crippen LogP contribution < -0.4 is 0 Å². The van der Waals surface area contributed by atoms with Gasteiger partial charge in [0.1, 0.15) is 0 Å². The lowest BCUT2D eigenvalue weighted by molar-refractivity contribution is -0.383. The van der Waals surface area contributed by atoms with Crippen LogP contribution in [0.1, 0.15) is 5.82 Å². The Hall–Kier alpha value is -3.35. The van der Waals surface area contributed by atoms with Crippen LogP contribution >= 0.6 is 11.8 Å². The van der Waals surface area contributed by atoms with E-state index in [9.17, 15) is 10.1 Å². The Morgan fingerprint density at radius 3 is 2.58 bits per heavy atom.